The van der Waals surface area contributed by atoms with E-state index >= 15 is 0 Å². The summed E-state index contributed by atoms with van der Waals surface area (Å²) in [6.07, 6.45) is 3.26. The Hall–Kier alpha value is -0.940. The first-order chi connectivity index (χ1) is 8.74. The molecule has 0 radical (unpaired) electrons. The highest BCUT2D eigenvalue weighted by Crippen LogP contribution is 2.19. The predicted octanol–water partition coefficient (Wildman–Crippen LogP) is 2.06. The molecule has 0 spiro atoms. The molecule has 1 aromatic heterocycles. The number of aryl methyl sites for hydroxylation is 1. The van der Waals surface area contributed by atoms with Gasteiger partial charge in [0.1, 0.15) is 4.88 Å². The molecule has 2 heterocycles. The smallest absolute Gasteiger partial charge is 0.266 e. The number of hydrogen-bond donors (Lipinski definition) is 1. The van der Waals surface area contributed by atoms with Crippen molar-refractivity contribution in [3.63, 3.8) is 0 Å². The monoisotopic (exact) mass is 267 g/mol. The van der Waals surface area contributed by atoms with Crippen molar-refractivity contribution in [3.8, 4) is 0 Å². The van der Waals surface area contributed by atoms with E-state index in [-0.39, 0.29) is 5.91 Å². The lowest BCUT2D eigenvalue weighted by molar-refractivity contribution is 0.0653. The Morgan fingerprint density at radius 2 is 2.50 bits per heavy atom. The molecular formula is C13H21N3OS. The number of hydrogen-bond acceptors (Lipinski definition) is 4. The van der Waals surface area contributed by atoms with Gasteiger partial charge in [0.05, 0.1) is 11.2 Å². The zero-order valence-corrected chi connectivity index (χ0v) is 11.9. The molecule has 100 valence electrons. The van der Waals surface area contributed by atoms with Crippen molar-refractivity contribution in [2.75, 3.05) is 19.6 Å². The molecule has 1 aliphatic rings. The number of amides is 1. The third-order valence-electron chi connectivity index (χ3n) is 3.38. The van der Waals surface area contributed by atoms with Gasteiger partial charge in [-0.1, -0.05) is 6.92 Å². The lowest BCUT2D eigenvalue weighted by atomic mass is 10.1. The zero-order chi connectivity index (χ0) is 13.0. The maximum absolute atomic E-state index is 12.6. The van der Waals surface area contributed by atoms with Crippen LogP contribution in [0.3, 0.4) is 0 Å². The number of carbonyl (C=O) groups is 1. The van der Waals surface area contributed by atoms with Crippen LogP contribution in [0.25, 0.3) is 0 Å². The maximum atomic E-state index is 12.6. The molecule has 1 amide bonds. The van der Waals surface area contributed by atoms with Gasteiger partial charge < -0.3 is 10.2 Å². The fourth-order valence-electron chi connectivity index (χ4n) is 2.43. The SMILES string of the molecule is CCCN(C(=O)c1scnc1C)C1CCCNC1. The maximum Gasteiger partial charge on any atom is 0.266 e. The Labute approximate surface area is 112 Å². The summed E-state index contributed by atoms with van der Waals surface area (Å²) in [6.45, 7) is 6.86. The van der Waals surface area contributed by atoms with Gasteiger partial charge >= 0.3 is 0 Å². The van der Waals surface area contributed by atoms with Crippen molar-refractivity contribution in [1.29, 1.82) is 0 Å². The highest BCUT2D eigenvalue weighted by molar-refractivity contribution is 7.11. The van der Waals surface area contributed by atoms with Crippen molar-refractivity contribution >= 4 is 17.2 Å². The first-order valence-corrected chi connectivity index (χ1v) is 7.53. The number of thiazole rings is 1. The van der Waals surface area contributed by atoms with E-state index in [2.05, 4.69) is 17.2 Å². The summed E-state index contributed by atoms with van der Waals surface area (Å²) in [6, 6.07) is 0.340. The molecule has 1 atom stereocenters. The van der Waals surface area contributed by atoms with Crippen LogP contribution in [-0.2, 0) is 0 Å². The molecule has 1 aliphatic heterocycles. The Morgan fingerprint density at radius 3 is 3.06 bits per heavy atom. The highest BCUT2D eigenvalue weighted by atomic mass is 32.1. The average molecular weight is 267 g/mol. The molecule has 4 nitrogen and oxygen atoms in total. The minimum Gasteiger partial charge on any atom is -0.334 e. The van der Waals surface area contributed by atoms with Gasteiger partial charge in [0, 0.05) is 19.1 Å². The van der Waals surface area contributed by atoms with E-state index in [1.165, 1.54) is 11.3 Å². The molecule has 2 rings (SSSR count). The Kier molecular flexibility index (Phi) is 4.72. The zero-order valence-electron chi connectivity index (χ0n) is 11.1. The molecule has 1 aromatic rings. The second kappa shape index (κ2) is 6.29. The second-order valence-electron chi connectivity index (χ2n) is 4.77. The molecule has 5 heteroatoms. The molecule has 0 saturated carbocycles. The van der Waals surface area contributed by atoms with Crippen LogP contribution in [0.2, 0.25) is 0 Å². The molecule has 0 bridgehead atoms. The third kappa shape index (κ3) is 2.90. The van der Waals surface area contributed by atoms with E-state index in [9.17, 15) is 4.79 Å². The van der Waals surface area contributed by atoms with Crippen LogP contribution in [0.1, 0.15) is 41.6 Å². The number of rotatable bonds is 4. The fraction of sp³-hybridized carbons (Fsp3) is 0.692. The summed E-state index contributed by atoms with van der Waals surface area (Å²) in [5, 5.41) is 3.38. The summed E-state index contributed by atoms with van der Waals surface area (Å²) in [5.74, 6) is 0.158. The van der Waals surface area contributed by atoms with Gasteiger partial charge in [-0.15, -0.1) is 11.3 Å². The fourth-order valence-corrected chi connectivity index (χ4v) is 3.19. The van der Waals surface area contributed by atoms with Crippen LogP contribution in [0.4, 0.5) is 0 Å². The number of nitrogens with zero attached hydrogens (tertiary/aromatic N) is 2. The summed E-state index contributed by atoms with van der Waals surface area (Å²) in [4.78, 5) is 19.6. The molecule has 1 fully saturated rings. The Balaban J connectivity index is 2.13. The number of piperidine rings is 1. The quantitative estimate of drug-likeness (QED) is 0.908. The van der Waals surface area contributed by atoms with Gasteiger partial charge in [-0.25, -0.2) is 4.98 Å². The third-order valence-corrected chi connectivity index (χ3v) is 4.29. The van der Waals surface area contributed by atoms with Crippen LogP contribution in [0.15, 0.2) is 5.51 Å². The van der Waals surface area contributed by atoms with E-state index in [4.69, 9.17) is 0 Å². The van der Waals surface area contributed by atoms with Gasteiger partial charge in [-0.05, 0) is 32.7 Å². The van der Waals surface area contributed by atoms with Gasteiger partial charge in [-0.3, -0.25) is 4.79 Å². The normalized spacial score (nSPS) is 19.8. The molecule has 1 N–H and O–H groups in total. The van der Waals surface area contributed by atoms with E-state index in [1.807, 2.05) is 11.8 Å². The topological polar surface area (TPSA) is 45.2 Å². The molecule has 0 aliphatic carbocycles. The first kappa shape index (κ1) is 13.5. The van der Waals surface area contributed by atoms with Crippen molar-refractivity contribution in [1.82, 2.24) is 15.2 Å². The summed E-state index contributed by atoms with van der Waals surface area (Å²) >= 11 is 1.45. The second-order valence-corrected chi connectivity index (χ2v) is 5.62. The van der Waals surface area contributed by atoms with Crippen molar-refractivity contribution in [2.45, 2.75) is 39.2 Å². The van der Waals surface area contributed by atoms with Crippen LogP contribution >= 0.6 is 11.3 Å². The molecule has 18 heavy (non-hydrogen) atoms. The number of carbonyl (C=O) groups excluding carboxylic acids is 1. The van der Waals surface area contributed by atoms with Gasteiger partial charge in [-0.2, -0.15) is 0 Å². The lowest BCUT2D eigenvalue weighted by Gasteiger charge is -2.34. The lowest BCUT2D eigenvalue weighted by Crippen LogP contribution is -2.49. The van der Waals surface area contributed by atoms with Crippen molar-refractivity contribution in [3.05, 3.63) is 16.1 Å². The van der Waals surface area contributed by atoms with E-state index in [1.54, 1.807) is 5.51 Å². The van der Waals surface area contributed by atoms with Gasteiger partial charge in [0.2, 0.25) is 0 Å². The van der Waals surface area contributed by atoms with Crippen LogP contribution in [0.5, 0.6) is 0 Å². The standard InChI is InChI=1S/C13H21N3OS/c1-3-7-16(11-5-4-6-14-8-11)13(17)12-10(2)15-9-18-12/h9,11,14H,3-8H2,1-2H3. The Morgan fingerprint density at radius 1 is 1.67 bits per heavy atom. The van der Waals surface area contributed by atoms with E-state index in [0.717, 1.165) is 49.5 Å². The minimum absolute atomic E-state index is 0.158. The van der Waals surface area contributed by atoms with Gasteiger partial charge in [0.15, 0.2) is 0 Å². The summed E-state index contributed by atoms with van der Waals surface area (Å²) < 4.78 is 0. The van der Waals surface area contributed by atoms with Crippen LogP contribution in [0, 0.1) is 6.92 Å². The van der Waals surface area contributed by atoms with Gasteiger partial charge in [0.25, 0.3) is 5.91 Å². The summed E-state index contributed by atoms with van der Waals surface area (Å²) in [7, 11) is 0. The van der Waals surface area contributed by atoms with E-state index in [0.29, 0.717) is 6.04 Å². The number of aromatic nitrogens is 1. The van der Waals surface area contributed by atoms with Crippen LogP contribution < -0.4 is 5.32 Å². The first-order valence-electron chi connectivity index (χ1n) is 6.65. The predicted molar refractivity (Wildman–Crippen MR) is 74.1 cm³/mol. The average Bonchev–Trinajstić information content (AvgIpc) is 2.82. The number of nitrogens with one attached hydrogen (secondary N) is 1. The largest absolute Gasteiger partial charge is 0.334 e. The van der Waals surface area contributed by atoms with E-state index < -0.39 is 0 Å². The highest BCUT2D eigenvalue weighted by Gasteiger charge is 2.27. The molecule has 1 unspecified atom stereocenters. The van der Waals surface area contributed by atoms with Crippen molar-refractivity contribution in [2.24, 2.45) is 0 Å². The van der Waals surface area contributed by atoms with Crippen molar-refractivity contribution < 1.29 is 4.79 Å². The Bertz CT molecular complexity index is 399. The summed E-state index contributed by atoms with van der Waals surface area (Å²) in [5.41, 5.74) is 2.61. The molecular weight excluding hydrogens is 246 g/mol. The molecule has 1 saturated heterocycles. The van der Waals surface area contributed by atoms with Crippen LogP contribution in [-0.4, -0.2) is 41.5 Å². The molecule has 0 aromatic carbocycles. The minimum atomic E-state index is 0.158.